The Hall–Kier alpha value is -2.32. The first kappa shape index (κ1) is 21.4. The van der Waals surface area contributed by atoms with Crippen LogP contribution in [0.3, 0.4) is 0 Å². The Morgan fingerprint density at radius 1 is 1.28 bits per heavy atom. The Balaban J connectivity index is 1.90. The molecule has 29 heavy (non-hydrogen) atoms. The molecular formula is C21H29N5O2S. The number of amides is 2. The Bertz CT molecular complexity index is 841. The third kappa shape index (κ3) is 5.39. The van der Waals surface area contributed by atoms with Gasteiger partial charge in [0.05, 0.1) is 24.4 Å². The van der Waals surface area contributed by atoms with Crippen LogP contribution < -0.4 is 15.5 Å². The average molecular weight is 416 g/mol. The molecule has 1 fully saturated rings. The maximum Gasteiger partial charge on any atom is 0.319 e. The number of anilines is 2. The van der Waals surface area contributed by atoms with Gasteiger partial charge in [0.1, 0.15) is 5.82 Å². The van der Waals surface area contributed by atoms with Crippen molar-refractivity contribution >= 4 is 29.3 Å². The summed E-state index contributed by atoms with van der Waals surface area (Å²) < 4.78 is 5.66. The molecule has 2 N–H and O–H groups in total. The van der Waals surface area contributed by atoms with Crippen molar-refractivity contribution < 1.29 is 9.53 Å². The summed E-state index contributed by atoms with van der Waals surface area (Å²) in [6.45, 7) is 8.98. The molecule has 0 spiro atoms. The average Bonchev–Trinajstić information content (AvgIpc) is 2.68. The van der Waals surface area contributed by atoms with Gasteiger partial charge in [0.15, 0.2) is 5.82 Å². The van der Waals surface area contributed by atoms with Crippen molar-refractivity contribution in [2.45, 2.75) is 32.1 Å². The first-order chi connectivity index (χ1) is 13.9. The molecule has 3 rings (SSSR count). The van der Waals surface area contributed by atoms with Crippen molar-refractivity contribution in [1.82, 2.24) is 15.3 Å². The molecular weight excluding hydrogens is 386 g/mol. The predicted octanol–water partition coefficient (Wildman–Crippen LogP) is 3.76. The normalized spacial score (nSPS) is 15.8. The van der Waals surface area contributed by atoms with Gasteiger partial charge in [-0.1, -0.05) is 0 Å². The van der Waals surface area contributed by atoms with Crippen LogP contribution in [0, 0.1) is 0 Å². The second-order valence-electron chi connectivity index (χ2n) is 7.55. The van der Waals surface area contributed by atoms with E-state index in [1.54, 1.807) is 11.8 Å². The van der Waals surface area contributed by atoms with Gasteiger partial charge < -0.3 is 20.3 Å². The summed E-state index contributed by atoms with van der Waals surface area (Å²) in [4.78, 5) is 23.6. The lowest BCUT2D eigenvalue weighted by Gasteiger charge is -2.43. The molecule has 156 valence electrons. The number of rotatable bonds is 6. The van der Waals surface area contributed by atoms with E-state index in [1.807, 2.05) is 31.2 Å². The van der Waals surface area contributed by atoms with Crippen LogP contribution in [0.2, 0.25) is 0 Å². The molecule has 0 radical (unpaired) electrons. The van der Waals surface area contributed by atoms with Crippen molar-refractivity contribution in [3.63, 3.8) is 0 Å². The highest BCUT2D eigenvalue weighted by Gasteiger charge is 2.32. The number of hydrogen-bond donors (Lipinski definition) is 2. The fourth-order valence-corrected chi connectivity index (χ4v) is 3.74. The van der Waals surface area contributed by atoms with E-state index < -0.39 is 0 Å². The minimum atomic E-state index is -0.213. The molecule has 1 aliphatic rings. The third-order valence-electron chi connectivity index (χ3n) is 4.72. The zero-order valence-corrected chi connectivity index (χ0v) is 18.3. The second kappa shape index (κ2) is 9.45. The van der Waals surface area contributed by atoms with Gasteiger partial charge in [0.25, 0.3) is 0 Å². The number of hydrogen-bond acceptors (Lipinski definition) is 6. The van der Waals surface area contributed by atoms with E-state index in [0.29, 0.717) is 25.6 Å². The molecule has 0 unspecified atom stereocenters. The fraction of sp³-hybridized carbons (Fsp3) is 0.476. The summed E-state index contributed by atoms with van der Waals surface area (Å²) >= 11 is 1.74. The highest BCUT2D eigenvalue weighted by molar-refractivity contribution is 7.97. The van der Waals surface area contributed by atoms with E-state index in [1.165, 1.54) is 0 Å². The second-order valence-corrected chi connectivity index (χ2v) is 8.42. The molecule has 2 heterocycles. The molecule has 0 bridgehead atoms. The van der Waals surface area contributed by atoms with Gasteiger partial charge in [-0.25, -0.2) is 14.8 Å². The molecule has 7 nitrogen and oxygen atoms in total. The molecule has 0 saturated carbocycles. The molecule has 1 saturated heterocycles. The zero-order chi connectivity index (χ0) is 20.9. The summed E-state index contributed by atoms with van der Waals surface area (Å²) in [5.41, 5.74) is 2.53. The Labute approximate surface area is 176 Å². The standard InChI is InChI=1S/C21H29N5O2S/c1-5-22-20(27)24-16-8-6-15(7-9-16)19-23-17(13-29-4)12-18(25-19)26-10-11-28-14-21(26,2)3/h6-9,12H,5,10-11,13-14H2,1-4H3,(H2,22,24,27). The van der Waals surface area contributed by atoms with Crippen molar-refractivity contribution in [1.29, 1.82) is 0 Å². The van der Waals surface area contributed by atoms with Crippen LogP contribution in [0.5, 0.6) is 0 Å². The Morgan fingerprint density at radius 2 is 2.03 bits per heavy atom. The van der Waals surface area contributed by atoms with Gasteiger partial charge in [0.2, 0.25) is 0 Å². The summed E-state index contributed by atoms with van der Waals surface area (Å²) in [5, 5.41) is 5.53. The summed E-state index contributed by atoms with van der Waals surface area (Å²) in [7, 11) is 0. The van der Waals surface area contributed by atoms with Crippen LogP contribution in [0.15, 0.2) is 30.3 Å². The predicted molar refractivity (Wildman–Crippen MR) is 120 cm³/mol. The summed E-state index contributed by atoms with van der Waals surface area (Å²) in [6, 6.07) is 9.48. The lowest BCUT2D eigenvalue weighted by molar-refractivity contribution is 0.0639. The van der Waals surface area contributed by atoms with Crippen LogP contribution in [-0.4, -0.2) is 54.1 Å². The molecule has 2 aromatic rings. The van der Waals surface area contributed by atoms with Gasteiger partial charge in [-0.3, -0.25) is 0 Å². The number of aromatic nitrogens is 2. The number of nitrogens with one attached hydrogen (secondary N) is 2. The Kier molecular flexibility index (Phi) is 6.97. The number of urea groups is 1. The van der Waals surface area contributed by atoms with Crippen LogP contribution in [0.4, 0.5) is 16.3 Å². The molecule has 0 aliphatic carbocycles. The zero-order valence-electron chi connectivity index (χ0n) is 17.5. The van der Waals surface area contributed by atoms with E-state index in [4.69, 9.17) is 14.7 Å². The SMILES string of the molecule is CCNC(=O)Nc1ccc(-c2nc(CSC)cc(N3CCOCC3(C)C)n2)cc1. The van der Waals surface area contributed by atoms with Crippen LogP contribution >= 0.6 is 11.8 Å². The quantitative estimate of drug-likeness (QED) is 0.748. The summed E-state index contributed by atoms with van der Waals surface area (Å²) in [6.07, 6.45) is 2.07. The lowest BCUT2D eigenvalue weighted by atomic mass is 10.0. The van der Waals surface area contributed by atoms with E-state index in [-0.39, 0.29) is 11.6 Å². The summed E-state index contributed by atoms with van der Waals surface area (Å²) in [5.74, 6) is 2.44. The molecule has 0 atom stereocenters. The molecule has 8 heteroatoms. The number of carbonyl (C=O) groups is 1. The van der Waals surface area contributed by atoms with Crippen molar-refractivity contribution in [3.05, 3.63) is 36.0 Å². The monoisotopic (exact) mass is 415 g/mol. The highest BCUT2D eigenvalue weighted by atomic mass is 32.2. The van der Waals surface area contributed by atoms with Crippen molar-refractivity contribution in [2.75, 3.05) is 42.8 Å². The number of benzene rings is 1. The molecule has 1 aromatic carbocycles. The highest BCUT2D eigenvalue weighted by Crippen LogP contribution is 2.29. The lowest BCUT2D eigenvalue weighted by Crippen LogP contribution is -2.53. The maximum atomic E-state index is 11.7. The van der Waals surface area contributed by atoms with Gasteiger partial charge in [-0.15, -0.1) is 0 Å². The van der Waals surface area contributed by atoms with Crippen molar-refractivity contribution in [3.8, 4) is 11.4 Å². The number of thioether (sulfide) groups is 1. The molecule has 1 aromatic heterocycles. The number of carbonyl (C=O) groups excluding carboxylic acids is 1. The first-order valence-corrected chi connectivity index (χ1v) is 11.2. The van der Waals surface area contributed by atoms with Gasteiger partial charge in [-0.05, 0) is 51.3 Å². The van der Waals surface area contributed by atoms with E-state index in [0.717, 1.165) is 35.1 Å². The van der Waals surface area contributed by atoms with Crippen molar-refractivity contribution in [2.24, 2.45) is 0 Å². The van der Waals surface area contributed by atoms with Crippen LogP contribution in [0.25, 0.3) is 11.4 Å². The van der Waals surface area contributed by atoms with Crippen LogP contribution in [-0.2, 0) is 10.5 Å². The smallest absolute Gasteiger partial charge is 0.319 e. The topological polar surface area (TPSA) is 79.4 Å². The molecule has 1 aliphatic heterocycles. The minimum absolute atomic E-state index is 0.124. The van der Waals surface area contributed by atoms with Gasteiger partial charge in [0, 0.05) is 36.2 Å². The third-order valence-corrected chi connectivity index (χ3v) is 5.30. The first-order valence-electron chi connectivity index (χ1n) is 9.80. The van der Waals surface area contributed by atoms with E-state index >= 15 is 0 Å². The van der Waals surface area contributed by atoms with Gasteiger partial charge >= 0.3 is 6.03 Å². The van der Waals surface area contributed by atoms with E-state index in [2.05, 4.69) is 41.7 Å². The van der Waals surface area contributed by atoms with Crippen LogP contribution in [0.1, 0.15) is 26.5 Å². The number of ether oxygens (including phenoxy) is 1. The number of nitrogens with zero attached hydrogens (tertiary/aromatic N) is 3. The minimum Gasteiger partial charge on any atom is -0.377 e. The fourth-order valence-electron chi connectivity index (χ4n) is 3.29. The largest absolute Gasteiger partial charge is 0.377 e. The maximum absolute atomic E-state index is 11.7. The molecule has 2 amide bonds. The van der Waals surface area contributed by atoms with Gasteiger partial charge in [-0.2, -0.15) is 11.8 Å². The Morgan fingerprint density at radius 3 is 2.69 bits per heavy atom. The number of morpholine rings is 1. The van der Waals surface area contributed by atoms with E-state index in [9.17, 15) is 4.79 Å².